The lowest BCUT2D eigenvalue weighted by Crippen LogP contribution is -2.47. The van der Waals surface area contributed by atoms with E-state index in [2.05, 4.69) is 5.32 Å². The summed E-state index contributed by atoms with van der Waals surface area (Å²) in [7, 11) is 2.96. The number of ether oxygens (including phenoxy) is 2. The van der Waals surface area contributed by atoms with Gasteiger partial charge in [0.2, 0.25) is 0 Å². The fourth-order valence-corrected chi connectivity index (χ4v) is 2.57. The van der Waals surface area contributed by atoms with Crippen LogP contribution in [0.1, 0.15) is 29.8 Å². The first-order chi connectivity index (χ1) is 10.8. The van der Waals surface area contributed by atoms with E-state index in [0.717, 1.165) is 4.90 Å². The maximum atomic E-state index is 12.5. The Morgan fingerprint density at radius 3 is 2.57 bits per heavy atom. The molecule has 0 aromatic heterocycles. The van der Waals surface area contributed by atoms with Crippen LogP contribution in [-0.4, -0.2) is 49.0 Å². The van der Waals surface area contributed by atoms with Crippen molar-refractivity contribution in [2.75, 3.05) is 20.8 Å². The molecule has 7 nitrogen and oxygen atoms in total. The third-order valence-corrected chi connectivity index (χ3v) is 3.79. The van der Waals surface area contributed by atoms with Gasteiger partial charge in [-0.2, -0.15) is 0 Å². The molecule has 1 heterocycles. The normalized spacial score (nSPS) is 20.6. The lowest BCUT2D eigenvalue weighted by atomic mass is 10.0. The van der Waals surface area contributed by atoms with E-state index < -0.39 is 11.6 Å². The van der Waals surface area contributed by atoms with E-state index in [4.69, 9.17) is 9.47 Å². The molecule has 1 aromatic carbocycles. The Kier molecular flexibility index (Phi) is 4.70. The number of nitrogens with one attached hydrogen (secondary N) is 1. The van der Waals surface area contributed by atoms with Crippen molar-refractivity contribution in [3.63, 3.8) is 0 Å². The molecule has 1 N–H and O–H groups in total. The molecule has 1 aliphatic heterocycles. The number of urea groups is 1. The molecule has 2 rings (SSSR count). The summed E-state index contributed by atoms with van der Waals surface area (Å²) >= 11 is 0. The van der Waals surface area contributed by atoms with Crippen molar-refractivity contribution >= 4 is 17.7 Å². The number of benzene rings is 1. The fourth-order valence-electron chi connectivity index (χ4n) is 2.57. The summed E-state index contributed by atoms with van der Waals surface area (Å²) in [5.74, 6) is 0.0332. The molecule has 1 saturated heterocycles. The van der Waals surface area contributed by atoms with Crippen molar-refractivity contribution in [3.05, 3.63) is 29.3 Å². The molecule has 124 valence electrons. The van der Waals surface area contributed by atoms with Gasteiger partial charge in [-0.15, -0.1) is 0 Å². The van der Waals surface area contributed by atoms with Crippen LogP contribution in [0.15, 0.2) is 18.2 Å². The van der Waals surface area contributed by atoms with E-state index in [0.29, 0.717) is 16.9 Å². The number of hydrogen-bond donors (Lipinski definition) is 1. The largest absolute Gasteiger partial charge is 0.496 e. The number of imide groups is 1. The summed E-state index contributed by atoms with van der Waals surface area (Å²) in [6.07, 6.45) is 0. The van der Waals surface area contributed by atoms with Crippen molar-refractivity contribution in [1.82, 2.24) is 10.2 Å². The zero-order chi connectivity index (χ0) is 17.2. The summed E-state index contributed by atoms with van der Waals surface area (Å²) in [5, 5.41) is 2.63. The fraction of sp³-hybridized carbons (Fsp3) is 0.438. The van der Waals surface area contributed by atoms with Crippen molar-refractivity contribution in [3.8, 4) is 5.75 Å². The molecule has 0 radical (unpaired) electrons. The highest BCUT2D eigenvalue weighted by Gasteiger charge is 2.47. The highest BCUT2D eigenvalue weighted by Crippen LogP contribution is 2.26. The van der Waals surface area contributed by atoms with Crippen LogP contribution in [0.2, 0.25) is 0 Å². The minimum Gasteiger partial charge on any atom is -0.496 e. The van der Waals surface area contributed by atoms with E-state index in [1.54, 1.807) is 25.1 Å². The lowest BCUT2D eigenvalue weighted by molar-refractivity contribution is -0.132. The van der Waals surface area contributed by atoms with Gasteiger partial charge >= 0.3 is 6.03 Å². The first-order valence-electron chi connectivity index (χ1n) is 7.13. The molecular formula is C16H20N2O5. The van der Waals surface area contributed by atoms with Crippen LogP contribution < -0.4 is 10.1 Å². The number of hydrogen-bond acceptors (Lipinski definition) is 5. The minimum atomic E-state index is -1.09. The quantitative estimate of drug-likeness (QED) is 0.632. The Balaban J connectivity index is 2.31. The van der Waals surface area contributed by atoms with Gasteiger partial charge in [0.25, 0.3) is 5.91 Å². The third kappa shape index (κ3) is 3.19. The van der Waals surface area contributed by atoms with Crippen LogP contribution >= 0.6 is 0 Å². The van der Waals surface area contributed by atoms with Gasteiger partial charge in [0.15, 0.2) is 5.78 Å². The van der Waals surface area contributed by atoms with Crippen LogP contribution in [0.25, 0.3) is 0 Å². The Hall–Kier alpha value is -2.41. The van der Waals surface area contributed by atoms with Crippen LogP contribution in [0.3, 0.4) is 0 Å². The number of methoxy groups -OCH3 is 2. The van der Waals surface area contributed by atoms with Gasteiger partial charge in [0, 0.05) is 18.2 Å². The second kappa shape index (κ2) is 6.37. The molecule has 1 aliphatic rings. The molecule has 3 amide bonds. The van der Waals surface area contributed by atoms with Crippen LogP contribution in [0.5, 0.6) is 5.75 Å². The topological polar surface area (TPSA) is 84.9 Å². The Labute approximate surface area is 134 Å². The number of nitrogens with zero attached hydrogens (tertiary/aromatic N) is 1. The van der Waals surface area contributed by atoms with Crippen LogP contribution in [0.4, 0.5) is 4.79 Å². The van der Waals surface area contributed by atoms with Gasteiger partial charge in [0.05, 0.1) is 20.3 Å². The van der Waals surface area contributed by atoms with Gasteiger partial charge in [-0.1, -0.05) is 0 Å². The first kappa shape index (κ1) is 17.0. The summed E-state index contributed by atoms with van der Waals surface area (Å²) < 4.78 is 10.3. The van der Waals surface area contributed by atoms with Crippen molar-refractivity contribution in [1.29, 1.82) is 0 Å². The SMILES string of the molecule is COC[C@]1(C)NC(=O)N(Cc2cc(C(C)=O)ccc2OC)C1=O. The third-order valence-electron chi connectivity index (χ3n) is 3.79. The van der Waals surface area contributed by atoms with Gasteiger partial charge < -0.3 is 14.8 Å². The van der Waals surface area contributed by atoms with E-state index in [1.165, 1.54) is 21.1 Å². The van der Waals surface area contributed by atoms with Crippen LogP contribution in [0, 0.1) is 0 Å². The maximum absolute atomic E-state index is 12.5. The molecule has 0 bridgehead atoms. The monoisotopic (exact) mass is 320 g/mol. The zero-order valence-electron chi connectivity index (χ0n) is 13.6. The minimum absolute atomic E-state index is 0.0221. The summed E-state index contributed by atoms with van der Waals surface area (Å²) in [4.78, 5) is 37.3. The van der Waals surface area contributed by atoms with Gasteiger partial charge in [-0.3, -0.25) is 14.5 Å². The molecule has 23 heavy (non-hydrogen) atoms. The number of ketones is 1. The molecule has 1 fully saturated rings. The van der Waals surface area contributed by atoms with Gasteiger partial charge in [-0.05, 0) is 32.0 Å². The lowest BCUT2D eigenvalue weighted by Gasteiger charge is -2.21. The average Bonchev–Trinajstić information content (AvgIpc) is 2.70. The molecular weight excluding hydrogens is 300 g/mol. The Morgan fingerprint density at radius 2 is 2.00 bits per heavy atom. The molecule has 7 heteroatoms. The van der Waals surface area contributed by atoms with E-state index in [-0.39, 0.29) is 24.8 Å². The summed E-state index contributed by atoms with van der Waals surface area (Å²) in [6.45, 7) is 3.17. The molecule has 0 saturated carbocycles. The predicted octanol–water partition coefficient (Wildman–Crippen LogP) is 1.35. The number of rotatable bonds is 6. The second-order valence-electron chi connectivity index (χ2n) is 5.67. The zero-order valence-corrected chi connectivity index (χ0v) is 13.6. The first-order valence-corrected chi connectivity index (χ1v) is 7.13. The van der Waals surface area contributed by atoms with E-state index >= 15 is 0 Å². The number of carbonyl (C=O) groups excluding carboxylic acids is 3. The number of Topliss-reactive ketones (excluding diaryl/α,β-unsaturated/α-hetero) is 1. The smallest absolute Gasteiger partial charge is 0.325 e. The Bertz CT molecular complexity index is 658. The number of amides is 3. The average molecular weight is 320 g/mol. The van der Waals surface area contributed by atoms with Crippen molar-refractivity contribution in [2.24, 2.45) is 0 Å². The second-order valence-corrected chi connectivity index (χ2v) is 5.67. The summed E-state index contributed by atoms with van der Waals surface area (Å²) in [5.41, 5.74) is -0.00469. The standard InChI is InChI=1S/C16H20N2O5/c1-10(19)11-5-6-13(23-4)12(7-11)8-18-14(20)16(2,9-22-3)17-15(18)21/h5-7H,8-9H2,1-4H3,(H,17,21)/t16-/m0/s1. The van der Waals surface area contributed by atoms with E-state index in [1.807, 2.05) is 0 Å². The van der Waals surface area contributed by atoms with Crippen molar-refractivity contribution in [2.45, 2.75) is 25.9 Å². The highest BCUT2D eigenvalue weighted by atomic mass is 16.5. The molecule has 1 aromatic rings. The molecule has 1 atom stereocenters. The Morgan fingerprint density at radius 1 is 1.30 bits per heavy atom. The van der Waals surface area contributed by atoms with Crippen molar-refractivity contribution < 1.29 is 23.9 Å². The summed E-state index contributed by atoms with van der Waals surface area (Å²) in [6, 6.07) is 4.43. The molecule has 0 aliphatic carbocycles. The number of carbonyl (C=O) groups is 3. The van der Waals surface area contributed by atoms with Gasteiger partial charge in [-0.25, -0.2) is 4.79 Å². The maximum Gasteiger partial charge on any atom is 0.325 e. The highest BCUT2D eigenvalue weighted by molar-refractivity contribution is 6.06. The predicted molar refractivity (Wildman–Crippen MR) is 82.4 cm³/mol. The van der Waals surface area contributed by atoms with Crippen LogP contribution in [-0.2, 0) is 16.1 Å². The van der Waals surface area contributed by atoms with Gasteiger partial charge in [0.1, 0.15) is 11.3 Å². The van der Waals surface area contributed by atoms with E-state index in [9.17, 15) is 14.4 Å². The molecule has 0 unspecified atom stereocenters. The molecule has 0 spiro atoms.